The van der Waals surface area contributed by atoms with Crippen LogP contribution in [0.15, 0.2) is 12.2 Å². The summed E-state index contributed by atoms with van der Waals surface area (Å²) in [5, 5.41) is 9.70. The van der Waals surface area contributed by atoms with Crippen molar-refractivity contribution in [3.63, 3.8) is 0 Å². The first-order valence-electron chi connectivity index (χ1n) is 36.2. The zero-order chi connectivity index (χ0) is 56.2. The number of hydrogen-bond donors (Lipinski definition) is 1. The predicted molar refractivity (Wildman–Crippen MR) is 344 cm³/mol. The van der Waals surface area contributed by atoms with E-state index in [9.17, 15) is 14.7 Å². The van der Waals surface area contributed by atoms with E-state index in [1.807, 2.05) is 0 Å². The molecule has 0 aromatic heterocycles. The Morgan fingerprint density at radius 3 is 0.692 bits per heavy atom. The highest BCUT2D eigenvalue weighted by molar-refractivity contribution is 5.70. The molecule has 0 saturated carbocycles. The Hall–Kier alpha value is -1.36. The second kappa shape index (κ2) is 69.9. The number of esters is 2. The summed E-state index contributed by atoms with van der Waals surface area (Å²) in [6.45, 7) is 4.22. The summed E-state index contributed by atoms with van der Waals surface area (Å²) in [4.78, 5) is 24.7. The van der Waals surface area contributed by atoms with Crippen LogP contribution in [0.5, 0.6) is 0 Å². The van der Waals surface area contributed by atoms with Gasteiger partial charge in [-0.15, -0.1) is 0 Å². The molecule has 0 radical (unpaired) electrons. The lowest BCUT2D eigenvalue weighted by Crippen LogP contribution is -2.28. The molecule has 1 unspecified atom stereocenters. The molecule has 0 fully saturated rings. The molecule has 0 aliphatic carbocycles. The molecule has 1 atom stereocenters. The third kappa shape index (κ3) is 67.1. The standard InChI is InChI=1S/C73H142O5/c1-3-5-7-9-11-13-15-17-19-21-23-25-27-29-31-32-33-34-35-36-37-38-39-40-42-44-46-48-50-52-54-56-58-60-62-64-66-68-73(76)78-71(69-74)70-77-72(75)67-65-63-61-59-57-55-53-51-49-47-45-43-41-30-28-26-24-22-20-18-16-14-12-10-8-6-4-2/h21,23,71,74H,3-20,22,24-70H2,1-2H3/b23-21-. The Balaban J connectivity index is 3.35. The smallest absolute Gasteiger partial charge is 0.306 e. The van der Waals surface area contributed by atoms with Crippen molar-refractivity contribution in [1.29, 1.82) is 0 Å². The number of rotatable bonds is 69. The summed E-state index contributed by atoms with van der Waals surface area (Å²) in [7, 11) is 0. The third-order valence-corrected chi connectivity index (χ3v) is 17.1. The van der Waals surface area contributed by atoms with Crippen molar-refractivity contribution < 1.29 is 24.2 Å². The number of hydrogen-bond acceptors (Lipinski definition) is 5. The molecule has 5 heteroatoms. The van der Waals surface area contributed by atoms with E-state index in [4.69, 9.17) is 9.47 Å². The normalized spacial score (nSPS) is 12.1. The summed E-state index contributed by atoms with van der Waals surface area (Å²) < 4.78 is 10.8. The number of aliphatic hydroxyl groups excluding tert-OH is 1. The fourth-order valence-corrected chi connectivity index (χ4v) is 11.6. The molecule has 5 nitrogen and oxygen atoms in total. The maximum Gasteiger partial charge on any atom is 0.306 e. The van der Waals surface area contributed by atoms with Crippen molar-refractivity contribution in [1.82, 2.24) is 0 Å². The summed E-state index contributed by atoms with van der Waals surface area (Å²) in [6, 6.07) is 0. The molecule has 0 aliphatic rings. The van der Waals surface area contributed by atoms with Crippen molar-refractivity contribution in [2.45, 2.75) is 431 Å². The van der Waals surface area contributed by atoms with Crippen molar-refractivity contribution in [2.24, 2.45) is 0 Å². The van der Waals surface area contributed by atoms with E-state index in [0.717, 1.165) is 32.1 Å². The highest BCUT2D eigenvalue weighted by Crippen LogP contribution is 2.20. The summed E-state index contributed by atoms with van der Waals surface area (Å²) in [5.74, 6) is -0.559. The molecule has 0 heterocycles. The third-order valence-electron chi connectivity index (χ3n) is 17.1. The topological polar surface area (TPSA) is 72.8 Å². The molecular formula is C73H142O5. The van der Waals surface area contributed by atoms with Gasteiger partial charge < -0.3 is 14.6 Å². The van der Waals surface area contributed by atoms with Gasteiger partial charge in [-0.1, -0.05) is 386 Å². The molecule has 0 rings (SSSR count). The quantitative estimate of drug-likeness (QED) is 0.0373. The van der Waals surface area contributed by atoms with E-state index >= 15 is 0 Å². The number of carbonyl (C=O) groups excluding carboxylic acids is 2. The summed E-state index contributed by atoms with van der Waals surface area (Å²) >= 11 is 0. The van der Waals surface area contributed by atoms with E-state index in [0.29, 0.717) is 12.8 Å². The van der Waals surface area contributed by atoms with Gasteiger partial charge >= 0.3 is 11.9 Å². The van der Waals surface area contributed by atoms with Crippen LogP contribution < -0.4 is 0 Å². The molecule has 0 aromatic rings. The van der Waals surface area contributed by atoms with Gasteiger partial charge in [-0.25, -0.2) is 0 Å². The zero-order valence-corrected chi connectivity index (χ0v) is 53.5. The van der Waals surface area contributed by atoms with Crippen LogP contribution in [-0.4, -0.2) is 36.4 Å². The molecular weight excluding hydrogens is 957 g/mol. The van der Waals surface area contributed by atoms with Crippen LogP contribution in [0.3, 0.4) is 0 Å². The predicted octanol–water partition coefficient (Wildman–Crippen LogP) is 25.0. The lowest BCUT2D eigenvalue weighted by molar-refractivity contribution is -0.161. The largest absolute Gasteiger partial charge is 0.462 e. The van der Waals surface area contributed by atoms with Gasteiger partial charge in [0.1, 0.15) is 6.61 Å². The SMILES string of the molecule is CCCCCCCCCC/C=C\CCCCCCCCCCCCCCCCCCCCCCCCCCCC(=O)OC(CO)COC(=O)CCCCCCCCCCCCCCCCCCCCCCCCCCCCC. The minimum atomic E-state index is -0.767. The van der Waals surface area contributed by atoms with Crippen LogP contribution in [0.25, 0.3) is 0 Å². The van der Waals surface area contributed by atoms with Gasteiger partial charge in [0.15, 0.2) is 6.10 Å². The van der Waals surface area contributed by atoms with Gasteiger partial charge in [-0.05, 0) is 38.5 Å². The lowest BCUT2D eigenvalue weighted by atomic mass is 10.0. The Bertz CT molecular complexity index is 1150. The second-order valence-corrected chi connectivity index (χ2v) is 25.0. The minimum absolute atomic E-state index is 0.0562. The average Bonchev–Trinajstić information content (AvgIpc) is 3.44. The molecule has 0 amide bonds. The number of carbonyl (C=O) groups is 2. The molecule has 464 valence electrons. The first-order chi connectivity index (χ1) is 38.6. The van der Waals surface area contributed by atoms with E-state index < -0.39 is 6.10 Å². The molecule has 0 saturated heterocycles. The van der Waals surface area contributed by atoms with Crippen molar-refractivity contribution in [2.75, 3.05) is 13.2 Å². The second-order valence-electron chi connectivity index (χ2n) is 25.0. The molecule has 0 aliphatic heterocycles. The van der Waals surface area contributed by atoms with Gasteiger partial charge in [-0.3, -0.25) is 9.59 Å². The van der Waals surface area contributed by atoms with Gasteiger partial charge in [0, 0.05) is 12.8 Å². The van der Waals surface area contributed by atoms with Crippen LogP contribution in [0.1, 0.15) is 425 Å². The van der Waals surface area contributed by atoms with E-state index in [2.05, 4.69) is 26.0 Å². The number of ether oxygens (including phenoxy) is 2. The molecule has 1 N–H and O–H groups in total. The maximum absolute atomic E-state index is 12.4. The van der Waals surface area contributed by atoms with Crippen LogP contribution in [0.2, 0.25) is 0 Å². The van der Waals surface area contributed by atoms with Crippen molar-refractivity contribution >= 4 is 11.9 Å². The number of allylic oxidation sites excluding steroid dienone is 2. The molecule has 0 bridgehead atoms. The Kier molecular flexibility index (Phi) is 68.7. The first kappa shape index (κ1) is 76.6. The van der Waals surface area contributed by atoms with E-state index in [1.165, 1.54) is 366 Å². The lowest BCUT2D eigenvalue weighted by Gasteiger charge is -2.15. The average molecular weight is 1100 g/mol. The summed E-state index contributed by atoms with van der Waals surface area (Å²) in [5.41, 5.74) is 0. The zero-order valence-electron chi connectivity index (χ0n) is 53.5. The Labute approximate surface area is 490 Å². The van der Waals surface area contributed by atoms with Crippen LogP contribution >= 0.6 is 0 Å². The molecule has 78 heavy (non-hydrogen) atoms. The highest BCUT2D eigenvalue weighted by atomic mass is 16.6. The highest BCUT2D eigenvalue weighted by Gasteiger charge is 2.16. The van der Waals surface area contributed by atoms with Gasteiger partial charge in [0.25, 0.3) is 0 Å². The first-order valence-corrected chi connectivity index (χ1v) is 36.2. The fourth-order valence-electron chi connectivity index (χ4n) is 11.6. The number of aliphatic hydroxyl groups is 1. The van der Waals surface area contributed by atoms with Gasteiger partial charge in [0.05, 0.1) is 6.61 Å². The Morgan fingerprint density at radius 1 is 0.282 bits per heavy atom. The summed E-state index contributed by atoms with van der Waals surface area (Å²) in [6.07, 6.45) is 89.9. The monoisotopic (exact) mass is 1100 g/mol. The maximum atomic E-state index is 12.4. The van der Waals surface area contributed by atoms with Crippen LogP contribution in [0, 0.1) is 0 Å². The Morgan fingerprint density at radius 2 is 0.474 bits per heavy atom. The van der Waals surface area contributed by atoms with E-state index in [-0.39, 0.29) is 25.2 Å². The van der Waals surface area contributed by atoms with Crippen LogP contribution in [-0.2, 0) is 19.1 Å². The minimum Gasteiger partial charge on any atom is -0.462 e. The van der Waals surface area contributed by atoms with E-state index in [1.54, 1.807) is 0 Å². The molecule has 0 spiro atoms. The van der Waals surface area contributed by atoms with Crippen molar-refractivity contribution in [3.05, 3.63) is 12.2 Å². The molecule has 0 aromatic carbocycles. The number of unbranched alkanes of at least 4 members (excludes halogenated alkanes) is 59. The van der Waals surface area contributed by atoms with Gasteiger partial charge in [0.2, 0.25) is 0 Å². The van der Waals surface area contributed by atoms with Crippen LogP contribution in [0.4, 0.5) is 0 Å². The fraction of sp³-hybridized carbons (Fsp3) is 0.945. The van der Waals surface area contributed by atoms with Crippen molar-refractivity contribution in [3.8, 4) is 0 Å². The van der Waals surface area contributed by atoms with Gasteiger partial charge in [-0.2, -0.15) is 0 Å².